The summed E-state index contributed by atoms with van der Waals surface area (Å²) in [6.07, 6.45) is 6.63. The molecule has 0 aliphatic carbocycles. The Bertz CT molecular complexity index is 391. The molecule has 1 unspecified atom stereocenters. The van der Waals surface area contributed by atoms with Crippen LogP contribution in [0.25, 0.3) is 0 Å². The Hall–Kier alpha value is -1.56. The van der Waals surface area contributed by atoms with Crippen molar-refractivity contribution in [2.24, 2.45) is 0 Å². The topological polar surface area (TPSA) is 67.6 Å². The minimum absolute atomic E-state index is 0.0752. The van der Waals surface area contributed by atoms with Crippen molar-refractivity contribution in [1.29, 1.82) is 0 Å². The molecule has 0 aromatic carbocycles. The molecule has 6 nitrogen and oxygen atoms in total. The van der Waals surface area contributed by atoms with Gasteiger partial charge in [0.15, 0.2) is 12.0 Å². The van der Waals surface area contributed by atoms with E-state index in [9.17, 15) is 4.79 Å². The van der Waals surface area contributed by atoms with Gasteiger partial charge in [-0.2, -0.15) is 5.10 Å². The van der Waals surface area contributed by atoms with Gasteiger partial charge in [-0.05, 0) is 26.3 Å². The van der Waals surface area contributed by atoms with Gasteiger partial charge in [0, 0.05) is 6.54 Å². The Kier molecular flexibility index (Phi) is 3.63. The number of aliphatic carboxylic acids is 1. The van der Waals surface area contributed by atoms with Crippen molar-refractivity contribution in [2.45, 2.75) is 32.0 Å². The normalized spacial score (nSPS) is 21.4. The molecular weight excluding hydrogens is 222 g/mol. The van der Waals surface area contributed by atoms with Gasteiger partial charge in [-0.15, -0.1) is 0 Å². The highest BCUT2D eigenvalue weighted by Crippen LogP contribution is 2.19. The molecule has 1 fully saturated rings. The molecule has 2 rings (SSSR count). The first-order valence-corrected chi connectivity index (χ1v) is 5.76. The fraction of sp³-hybridized carbons (Fsp3) is 0.636. The van der Waals surface area contributed by atoms with E-state index in [1.807, 2.05) is 7.05 Å². The van der Waals surface area contributed by atoms with Crippen LogP contribution in [0.1, 0.15) is 19.3 Å². The number of hydrogen-bond acceptors (Lipinski definition) is 4. The number of rotatable bonds is 4. The summed E-state index contributed by atoms with van der Waals surface area (Å²) in [6.45, 7) is 0.901. The van der Waals surface area contributed by atoms with E-state index in [-0.39, 0.29) is 12.8 Å². The third kappa shape index (κ3) is 3.20. The number of carboxylic acids is 1. The van der Waals surface area contributed by atoms with Crippen LogP contribution in [0.2, 0.25) is 0 Å². The summed E-state index contributed by atoms with van der Waals surface area (Å²) in [5, 5.41) is 12.6. The lowest BCUT2D eigenvalue weighted by atomic mass is 10.1. The van der Waals surface area contributed by atoms with Crippen LogP contribution in [-0.4, -0.2) is 45.6 Å². The largest absolute Gasteiger partial charge is 0.480 e. The molecule has 1 atom stereocenters. The molecule has 0 spiro atoms. The highest BCUT2D eigenvalue weighted by molar-refractivity contribution is 5.66. The van der Waals surface area contributed by atoms with Gasteiger partial charge in [0.1, 0.15) is 6.54 Å². The molecule has 0 bridgehead atoms. The van der Waals surface area contributed by atoms with Gasteiger partial charge in [0.2, 0.25) is 0 Å². The zero-order chi connectivity index (χ0) is 12.3. The minimum Gasteiger partial charge on any atom is -0.480 e. The summed E-state index contributed by atoms with van der Waals surface area (Å²) >= 11 is 0. The fourth-order valence-electron chi connectivity index (χ4n) is 1.98. The van der Waals surface area contributed by atoms with E-state index in [4.69, 9.17) is 9.84 Å². The number of nitrogens with zero attached hydrogens (tertiary/aromatic N) is 3. The number of aromatic nitrogens is 2. The zero-order valence-corrected chi connectivity index (χ0v) is 9.87. The minimum atomic E-state index is -0.908. The van der Waals surface area contributed by atoms with E-state index >= 15 is 0 Å². The van der Waals surface area contributed by atoms with E-state index in [0.717, 1.165) is 19.4 Å². The molecule has 1 saturated heterocycles. The van der Waals surface area contributed by atoms with Crippen LogP contribution in [0.15, 0.2) is 12.4 Å². The van der Waals surface area contributed by atoms with Gasteiger partial charge in [-0.1, -0.05) is 0 Å². The van der Waals surface area contributed by atoms with Crippen LogP contribution in [0.3, 0.4) is 0 Å². The summed E-state index contributed by atoms with van der Waals surface area (Å²) in [4.78, 5) is 12.7. The molecule has 1 aliphatic rings. The lowest BCUT2D eigenvalue weighted by Crippen LogP contribution is -2.40. The van der Waals surface area contributed by atoms with Crippen molar-refractivity contribution >= 4 is 5.97 Å². The number of hydrogen-bond donors (Lipinski definition) is 1. The van der Waals surface area contributed by atoms with Crippen molar-refractivity contribution in [3.8, 4) is 5.75 Å². The zero-order valence-electron chi connectivity index (χ0n) is 9.87. The molecule has 1 aromatic rings. The first-order valence-electron chi connectivity index (χ1n) is 5.76. The molecule has 0 saturated carbocycles. The van der Waals surface area contributed by atoms with E-state index in [2.05, 4.69) is 10.00 Å². The lowest BCUT2D eigenvalue weighted by molar-refractivity contribution is -0.137. The van der Waals surface area contributed by atoms with Crippen molar-refractivity contribution < 1.29 is 14.6 Å². The average Bonchev–Trinajstić information content (AvgIpc) is 2.68. The fourth-order valence-corrected chi connectivity index (χ4v) is 1.98. The summed E-state index contributed by atoms with van der Waals surface area (Å²) in [5.41, 5.74) is 0. The molecule has 1 N–H and O–H groups in total. The maximum Gasteiger partial charge on any atom is 0.325 e. The van der Waals surface area contributed by atoms with Crippen LogP contribution >= 0.6 is 0 Å². The first kappa shape index (κ1) is 11.9. The van der Waals surface area contributed by atoms with E-state index < -0.39 is 5.97 Å². The number of carboxylic acid groups (broad SMARTS) is 1. The Balaban J connectivity index is 1.93. The molecule has 0 amide bonds. The molecule has 1 aliphatic heterocycles. The van der Waals surface area contributed by atoms with Crippen LogP contribution in [0.5, 0.6) is 5.75 Å². The molecule has 2 heterocycles. The molecular formula is C11H17N3O3. The van der Waals surface area contributed by atoms with E-state index in [1.165, 1.54) is 11.1 Å². The first-order chi connectivity index (χ1) is 8.15. The van der Waals surface area contributed by atoms with Crippen LogP contribution in [-0.2, 0) is 11.3 Å². The van der Waals surface area contributed by atoms with Gasteiger partial charge in [-0.3, -0.25) is 14.4 Å². The Morgan fingerprint density at radius 1 is 1.65 bits per heavy atom. The van der Waals surface area contributed by atoms with Gasteiger partial charge in [0.05, 0.1) is 12.4 Å². The maximum absolute atomic E-state index is 10.5. The summed E-state index contributed by atoms with van der Waals surface area (Å²) < 4.78 is 7.14. The molecule has 17 heavy (non-hydrogen) atoms. The van der Waals surface area contributed by atoms with Crippen molar-refractivity contribution in [3.63, 3.8) is 0 Å². The van der Waals surface area contributed by atoms with Crippen LogP contribution in [0, 0.1) is 0 Å². The Morgan fingerprint density at radius 2 is 2.47 bits per heavy atom. The number of ether oxygens (including phenoxy) is 1. The summed E-state index contributed by atoms with van der Waals surface area (Å²) in [6, 6.07) is 0. The Labute approximate surface area is 99.8 Å². The number of likely N-dealkylation sites (tertiary alicyclic amines) is 1. The quantitative estimate of drug-likeness (QED) is 0.841. The SMILES string of the molecule is CN1CCCCC1Oc1cnn(CC(=O)O)c1. The second-order valence-corrected chi connectivity index (χ2v) is 4.32. The monoisotopic (exact) mass is 239 g/mol. The third-order valence-corrected chi connectivity index (χ3v) is 2.88. The predicted octanol–water partition coefficient (Wildman–Crippen LogP) is 0.788. The highest BCUT2D eigenvalue weighted by Gasteiger charge is 2.20. The van der Waals surface area contributed by atoms with Crippen LogP contribution < -0.4 is 4.74 Å². The van der Waals surface area contributed by atoms with E-state index in [0.29, 0.717) is 5.75 Å². The molecule has 94 valence electrons. The molecule has 0 radical (unpaired) electrons. The third-order valence-electron chi connectivity index (χ3n) is 2.88. The second kappa shape index (κ2) is 5.18. The van der Waals surface area contributed by atoms with Gasteiger partial charge < -0.3 is 9.84 Å². The van der Waals surface area contributed by atoms with E-state index in [1.54, 1.807) is 12.4 Å². The maximum atomic E-state index is 10.5. The predicted molar refractivity (Wildman–Crippen MR) is 60.8 cm³/mol. The van der Waals surface area contributed by atoms with Crippen molar-refractivity contribution in [2.75, 3.05) is 13.6 Å². The van der Waals surface area contributed by atoms with Crippen molar-refractivity contribution in [1.82, 2.24) is 14.7 Å². The molecule has 1 aromatic heterocycles. The Morgan fingerprint density at radius 3 is 3.18 bits per heavy atom. The van der Waals surface area contributed by atoms with Gasteiger partial charge >= 0.3 is 5.97 Å². The number of piperidine rings is 1. The smallest absolute Gasteiger partial charge is 0.325 e. The summed E-state index contributed by atoms with van der Waals surface area (Å²) in [7, 11) is 2.03. The second-order valence-electron chi connectivity index (χ2n) is 4.32. The van der Waals surface area contributed by atoms with Crippen molar-refractivity contribution in [3.05, 3.63) is 12.4 Å². The van der Waals surface area contributed by atoms with Gasteiger partial charge in [0.25, 0.3) is 0 Å². The lowest BCUT2D eigenvalue weighted by Gasteiger charge is -2.31. The number of carbonyl (C=O) groups is 1. The highest BCUT2D eigenvalue weighted by atomic mass is 16.5. The standard InChI is InChI=1S/C11H17N3O3/c1-13-5-3-2-4-10(13)17-9-6-12-14(7-9)8-11(15)16/h6-7,10H,2-5,8H2,1H3,(H,15,16). The van der Waals surface area contributed by atoms with Gasteiger partial charge in [-0.25, -0.2) is 0 Å². The van der Waals surface area contributed by atoms with Crippen LogP contribution in [0.4, 0.5) is 0 Å². The molecule has 6 heteroatoms. The summed E-state index contributed by atoms with van der Waals surface area (Å²) in [5.74, 6) is -0.278. The average molecular weight is 239 g/mol.